The van der Waals surface area contributed by atoms with Gasteiger partial charge in [0.2, 0.25) is 11.8 Å². The standard InChI is InChI=1S/C15H23N3O2S/c1-9-12(19)18(15(5,6)13(20)16-9)7-11-17-10(8-21-11)14(2,3)4/h8-9H,7H2,1-6H3,(H,16,20). The summed E-state index contributed by atoms with van der Waals surface area (Å²) in [7, 11) is 0. The van der Waals surface area contributed by atoms with Crippen LogP contribution >= 0.6 is 11.3 Å². The number of hydrogen-bond acceptors (Lipinski definition) is 4. The highest BCUT2D eigenvalue weighted by Crippen LogP contribution is 2.28. The molecule has 2 rings (SSSR count). The monoisotopic (exact) mass is 309 g/mol. The summed E-state index contributed by atoms with van der Waals surface area (Å²) in [4.78, 5) is 30.7. The molecule has 5 nitrogen and oxygen atoms in total. The average Bonchev–Trinajstić information content (AvgIpc) is 2.81. The topological polar surface area (TPSA) is 62.3 Å². The smallest absolute Gasteiger partial charge is 0.246 e. The SMILES string of the molecule is CC1NC(=O)C(C)(C)N(Cc2nc(C(C)(C)C)cs2)C1=O. The molecule has 1 aliphatic heterocycles. The van der Waals surface area contributed by atoms with Crippen LogP contribution in [-0.4, -0.2) is 33.3 Å². The number of rotatable bonds is 2. The number of piperazine rings is 1. The van der Waals surface area contributed by atoms with E-state index < -0.39 is 11.6 Å². The van der Waals surface area contributed by atoms with Crippen molar-refractivity contribution >= 4 is 23.2 Å². The van der Waals surface area contributed by atoms with Crippen LogP contribution in [0.4, 0.5) is 0 Å². The van der Waals surface area contributed by atoms with Crippen molar-refractivity contribution < 1.29 is 9.59 Å². The molecule has 1 unspecified atom stereocenters. The Balaban J connectivity index is 2.26. The molecule has 116 valence electrons. The molecular formula is C15H23N3O2S. The van der Waals surface area contributed by atoms with E-state index in [4.69, 9.17) is 0 Å². The summed E-state index contributed by atoms with van der Waals surface area (Å²) in [5, 5.41) is 5.61. The summed E-state index contributed by atoms with van der Waals surface area (Å²) in [6, 6.07) is -0.479. The van der Waals surface area contributed by atoms with Crippen molar-refractivity contribution in [2.45, 2.75) is 65.1 Å². The third-order valence-electron chi connectivity index (χ3n) is 3.83. The first-order valence-corrected chi connectivity index (χ1v) is 7.99. The van der Waals surface area contributed by atoms with Crippen molar-refractivity contribution in [3.8, 4) is 0 Å². The Bertz CT molecular complexity index is 572. The molecule has 0 bridgehead atoms. The Labute approximate surface area is 129 Å². The van der Waals surface area contributed by atoms with E-state index in [9.17, 15) is 9.59 Å². The van der Waals surface area contributed by atoms with Crippen molar-refractivity contribution in [3.63, 3.8) is 0 Å². The molecule has 2 heterocycles. The van der Waals surface area contributed by atoms with Crippen LogP contribution in [0.25, 0.3) is 0 Å². The van der Waals surface area contributed by atoms with Gasteiger partial charge in [-0.05, 0) is 20.8 Å². The fourth-order valence-corrected chi connectivity index (χ4v) is 3.21. The molecule has 2 amide bonds. The quantitative estimate of drug-likeness (QED) is 0.909. The predicted molar refractivity (Wildman–Crippen MR) is 83.0 cm³/mol. The van der Waals surface area contributed by atoms with Gasteiger partial charge in [-0.15, -0.1) is 11.3 Å². The highest BCUT2D eigenvalue weighted by molar-refractivity contribution is 7.09. The molecule has 0 saturated carbocycles. The molecule has 1 aromatic heterocycles. The van der Waals surface area contributed by atoms with Gasteiger partial charge in [0.05, 0.1) is 12.2 Å². The lowest BCUT2D eigenvalue weighted by Gasteiger charge is -2.43. The van der Waals surface area contributed by atoms with Crippen LogP contribution in [0.2, 0.25) is 0 Å². The predicted octanol–water partition coefficient (Wildman–Crippen LogP) is 2.07. The maximum atomic E-state index is 12.4. The van der Waals surface area contributed by atoms with Crippen LogP contribution in [0.15, 0.2) is 5.38 Å². The lowest BCUT2D eigenvalue weighted by molar-refractivity contribution is -0.155. The summed E-state index contributed by atoms with van der Waals surface area (Å²) >= 11 is 1.54. The number of carbonyl (C=O) groups excluding carboxylic acids is 2. The Morgan fingerprint density at radius 2 is 2.00 bits per heavy atom. The number of carbonyl (C=O) groups is 2. The van der Waals surface area contributed by atoms with Crippen molar-refractivity contribution in [2.75, 3.05) is 0 Å². The van der Waals surface area contributed by atoms with E-state index in [-0.39, 0.29) is 17.2 Å². The van der Waals surface area contributed by atoms with Crippen molar-refractivity contribution in [3.05, 3.63) is 16.1 Å². The molecule has 1 N–H and O–H groups in total. The molecule has 0 aliphatic carbocycles. The number of nitrogens with one attached hydrogen (secondary N) is 1. The third-order valence-corrected chi connectivity index (χ3v) is 4.66. The first-order chi connectivity index (χ1) is 9.53. The van der Waals surface area contributed by atoms with Gasteiger partial charge in [-0.1, -0.05) is 20.8 Å². The van der Waals surface area contributed by atoms with Crippen LogP contribution in [0.3, 0.4) is 0 Å². The molecule has 1 aliphatic rings. The van der Waals surface area contributed by atoms with E-state index in [2.05, 4.69) is 31.1 Å². The molecule has 0 spiro atoms. The van der Waals surface area contributed by atoms with E-state index >= 15 is 0 Å². The zero-order valence-corrected chi connectivity index (χ0v) is 14.3. The van der Waals surface area contributed by atoms with Gasteiger partial charge in [0.25, 0.3) is 0 Å². The molecule has 21 heavy (non-hydrogen) atoms. The summed E-state index contributed by atoms with van der Waals surface area (Å²) < 4.78 is 0. The maximum absolute atomic E-state index is 12.4. The second kappa shape index (κ2) is 5.09. The van der Waals surface area contributed by atoms with Crippen molar-refractivity contribution in [1.29, 1.82) is 0 Å². The largest absolute Gasteiger partial charge is 0.343 e. The van der Waals surface area contributed by atoms with Gasteiger partial charge in [0.15, 0.2) is 0 Å². The fraction of sp³-hybridized carbons (Fsp3) is 0.667. The molecule has 1 atom stereocenters. The summed E-state index contributed by atoms with van der Waals surface area (Å²) in [6.07, 6.45) is 0. The second-order valence-corrected chi connectivity index (χ2v) is 8.00. The molecule has 1 aromatic rings. The maximum Gasteiger partial charge on any atom is 0.246 e. The summed E-state index contributed by atoms with van der Waals surface area (Å²) in [5.74, 6) is -0.186. The number of thiazole rings is 1. The van der Waals surface area contributed by atoms with Gasteiger partial charge in [-0.25, -0.2) is 4.98 Å². The minimum atomic E-state index is -0.850. The number of aromatic nitrogens is 1. The highest BCUT2D eigenvalue weighted by Gasteiger charge is 2.45. The van der Waals surface area contributed by atoms with Gasteiger partial charge in [-0.3, -0.25) is 9.59 Å². The Hall–Kier alpha value is -1.43. The lowest BCUT2D eigenvalue weighted by Crippen LogP contribution is -2.67. The van der Waals surface area contributed by atoms with Gasteiger partial charge >= 0.3 is 0 Å². The van der Waals surface area contributed by atoms with E-state index in [0.29, 0.717) is 6.54 Å². The van der Waals surface area contributed by atoms with E-state index in [1.807, 2.05) is 5.38 Å². The molecule has 6 heteroatoms. The normalized spacial score (nSPS) is 22.4. The number of amides is 2. The van der Waals surface area contributed by atoms with Crippen LogP contribution in [0, 0.1) is 0 Å². The fourth-order valence-electron chi connectivity index (χ4n) is 2.21. The molecular weight excluding hydrogens is 286 g/mol. The van der Waals surface area contributed by atoms with Gasteiger partial charge in [0.1, 0.15) is 16.6 Å². The average molecular weight is 309 g/mol. The molecule has 0 aromatic carbocycles. The summed E-state index contributed by atoms with van der Waals surface area (Å²) in [6.45, 7) is 12.0. The number of nitrogens with zero attached hydrogens (tertiary/aromatic N) is 2. The highest BCUT2D eigenvalue weighted by atomic mass is 32.1. The van der Waals surface area contributed by atoms with E-state index in [0.717, 1.165) is 10.7 Å². The Kier molecular flexibility index (Phi) is 3.86. The molecule has 0 radical (unpaired) electrons. The molecule has 1 fully saturated rings. The van der Waals surface area contributed by atoms with Gasteiger partial charge in [0, 0.05) is 10.8 Å². The lowest BCUT2D eigenvalue weighted by atomic mass is 9.93. The zero-order chi connectivity index (χ0) is 16.0. The minimum Gasteiger partial charge on any atom is -0.343 e. The summed E-state index contributed by atoms with van der Waals surface area (Å²) in [5.41, 5.74) is 0.153. The zero-order valence-electron chi connectivity index (χ0n) is 13.5. The van der Waals surface area contributed by atoms with Crippen molar-refractivity contribution in [2.24, 2.45) is 0 Å². The molecule has 1 saturated heterocycles. The first-order valence-electron chi connectivity index (χ1n) is 7.11. The van der Waals surface area contributed by atoms with Gasteiger partial charge in [-0.2, -0.15) is 0 Å². The van der Waals surface area contributed by atoms with E-state index in [1.165, 1.54) is 11.3 Å². The van der Waals surface area contributed by atoms with E-state index in [1.54, 1.807) is 25.7 Å². The third kappa shape index (κ3) is 2.95. The van der Waals surface area contributed by atoms with Gasteiger partial charge < -0.3 is 10.2 Å². The minimum absolute atomic E-state index is 0.0131. The van der Waals surface area contributed by atoms with Crippen LogP contribution in [0.1, 0.15) is 52.2 Å². The Morgan fingerprint density at radius 1 is 1.38 bits per heavy atom. The number of hydrogen-bond donors (Lipinski definition) is 1. The Morgan fingerprint density at radius 3 is 2.52 bits per heavy atom. The van der Waals surface area contributed by atoms with Crippen molar-refractivity contribution in [1.82, 2.24) is 15.2 Å². The van der Waals surface area contributed by atoms with Crippen LogP contribution in [-0.2, 0) is 21.5 Å². The van der Waals surface area contributed by atoms with Crippen LogP contribution < -0.4 is 5.32 Å². The second-order valence-electron chi connectivity index (χ2n) is 7.06. The first kappa shape index (κ1) is 15.9. The van der Waals surface area contributed by atoms with Crippen LogP contribution in [0.5, 0.6) is 0 Å².